The number of para-hydroxylation sites is 1. The predicted octanol–water partition coefficient (Wildman–Crippen LogP) is 3.02. The van der Waals surface area contributed by atoms with Crippen molar-refractivity contribution in [1.82, 2.24) is 4.57 Å². The Kier molecular flexibility index (Phi) is 3.77. The number of aromatic nitrogens is 1. The summed E-state index contributed by atoms with van der Waals surface area (Å²) in [5.74, 6) is -1.48. The Labute approximate surface area is 166 Å². The van der Waals surface area contributed by atoms with E-state index < -0.39 is 11.8 Å². The van der Waals surface area contributed by atoms with Crippen molar-refractivity contribution in [2.24, 2.45) is 11.8 Å². The van der Waals surface area contributed by atoms with Crippen LogP contribution in [0.15, 0.2) is 48.5 Å². The quantitative estimate of drug-likeness (QED) is 0.501. The number of aldehydes is 1. The highest BCUT2D eigenvalue weighted by Crippen LogP contribution is 2.42. The molecular formula is C23H18N2O4. The molecule has 6 nitrogen and oxygen atoms in total. The molecule has 144 valence electrons. The molecule has 0 spiro atoms. The number of amides is 2. The Balaban J connectivity index is 1.59. The summed E-state index contributed by atoms with van der Waals surface area (Å²) in [6.07, 6.45) is 1.52. The number of benzene rings is 2. The van der Waals surface area contributed by atoms with E-state index in [1.807, 2.05) is 24.3 Å². The third-order valence-electron chi connectivity index (χ3n) is 6.09. The fourth-order valence-electron chi connectivity index (χ4n) is 4.79. The zero-order valence-corrected chi connectivity index (χ0v) is 15.8. The minimum absolute atomic E-state index is 0.0982. The van der Waals surface area contributed by atoms with E-state index in [0.29, 0.717) is 24.1 Å². The Bertz CT molecular complexity index is 1210. The molecule has 2 amide bonds. The van der Waals surface area contributed by atoms with Crippen LogP contribution in [-0.4, -0.2) is 28.6 Å². The summed E-state index contributed by atoms with van der Waals surface area (Å²) in [5.41, 5.74) is 3.60. The van der Waals surface area contributed by atoms with E-state index in [-0.39, 0.29) is 17.7 Å². The van der Waals surface area contributed by atoms with Crippen LogP contribution >= 0.6 is 0 Å². The first-order valence-corrected chi connectivity index (χ1v) is 9.56. The molecule has 1 aliphatic heterocycles. The van der Waals surface area contributed by atoms with Gasteiger partial charge >= 0.3 is 0 Å². The van der Waals surface area contributed by atoms with Crippen molar-refractivity contribution in [3.05, 3.63) is 65.4 Å². The zero-order valence-electron chi connectivity index (χ0n) is 15.8. The van der Waals surface area contributed by atoms with Crippen molar-refractivity contribution >= 4 is 40.6 Å². The van der Waals surface area contributed by atoms with Crippen LogP contribution in [0.2, 0.25) is 0 Å². The lowest BCUT2D eigenvalue weighted by Gasteiger charge is -2.23. The van der Waals surface area contributed by atoms with Crippen molar-refractivity contribution in [3.8, 4) is 0 Å². The van der Waals surface area contributed by atoms with Gasteiger partial charge in [0.05, 0.1) is 23.0 Å². The fourth-order valence-corrected chi connectivity index (χ4v) is 4.79. The minimum Gasteiger partial charge on any atom is -0.298 e. The highest BCUT2D eigenvalue weighted by Gasteiger charge is 2.51. The Morgan fingerprint density at radius 1 is 0.966 bits per heavy atom. The van der Waals surface area contributed by atoms with Gasteiger partial charge in [-0.2, -0.15) is 0 Å². The number of nitrogens with zero attached hydrogens (tertiary/aromatic N) is 2. The Hall–Kier alpha value is -3.54. The molecule has 0 saturated carbocycles. The van der Waals surface area contributed by atoms with Crippen LogP contribution in [0.4, 0.5) is 5.69 Å². The molecule has 2 atom stereocenters. The molecule has 2 aromatic carbocycles. The highest BCUT2D eigenvalue weighted by molar-refractivity contribution is 6.22. The molecule has 1 aromatic heterocycles. The molecule has 29 heavy (non-hydrogen) atoms. The van der Waals surface area contributed by atoms with Crippen LogP contribution in [0.25, 0.3) is 10.9 Å². The van der Waals surface area contributed by atoms with Crippen LogP contribution in [0.3, 0.4) is 0 Å². The van der Waals surface area contributed by atoms with Gasteiger partial charge in [-0.3, -0.25) is 28.6 Å². The summed E-state index contributed by atoms with van der Waals surface area (Å²) in [7, 11) is 0. The molecule has 0 radical (unpaired) electrons. The van der Waals surface area contributed by atoms with Gasteiger partial charge in [0.1, 0.15) is 6.29 Å². The molecule has 1 aliphatic carbocycles. The maximum absolute atomic E-state index is 13.2. The number of carbonyl (C=O) groups excluding carboxylic acids is 4. The van der Waals surface area contributed by atoms with Crippen LogP contribution in [0, 0.1) is 11.8 Å². The Morgan fingerprint density at radius 3 is 2.28 bits per heavy atom. The molecule has 3 aromatic rings. The standard InChI is InChI=1S/C23H18N2O4/c1-13(27)24-20-5-3-2-4-16(20)17-10-18-19(11-21(17)24)23(29)25(22(18)28)15-8-6-14(12-26)7-9-15/h2-9,12,18-19H,10-11H2,1H3. The van der Waals surface area contributed by atoms with Crippen molar-refractivity contribution in [1.29, 1.82) is 0 Å². The normalized spacial score (nSPS) is 20.7. The van der Waals surface area contributed by atoms with E-state index in [9.17, 15) is 19.2 Å². The monoisotopic (exact) mass is 386 g/mol. The lowest BCUT2D eigenvalue weighted by atomic mass is 9.79. The second-order valence-corrected chi connectivity index (χ2v) is 7.64. The molecule has 0 N–H and O–H groups in total. The third-order valence-corrected chi connectivity index (χ3v) is 6.09. The Morgan fingerprint density at radius 2 is 1.62 bits per heavy atom. The highest BCUT2D eigenvalue weighted by atomic mass is 16.2. The second-order valence-electron chi connectivity index (χ2n) is 7.64. The first-order valence-electron chi connectivity index (χ1n) is 9.56. The zero-order chi connectivity index (χ0) is 20.3. The van der Waals surface area contributed by atoms with Gasteiger partial charge in [-0.05, 0) is 42.3 Å². The van der Waals surface area contributed by atoms with E-state index in [1.165, 1.54) is 11.8 Å². The fraction of sp³-hybridized carbons (Fsp3) is 0.217. The minimum atomic E-state index is -0.483. The first-order chi connectivity index (χ1) is 14.0. The van der Waals surface area contributed by atoms with E-state index in [1.54, 1.807) is 28.8 Å². The summed E-state index contributed by atoms with van der Waals surface area (Å²) >= 11 is 0. The molecule has 5 rings (SSSR count). The lowest BCUT2D eigenvalue weighted by molar-refractivity contribution is -0.122. The molecule has 6 heteroatoms. The lowest BCUT2D eigenvalue weighted by Crippen LogP contribution is -2.31. The largest absolute Gasteiger partial charge is 0.298 e. The van der Waals surface area contributed by atoms with E-state index in [4.69, 9.17) is 0 Å². The molecule has 1 saturated heterocycles. The SMILES string of the molecule is CC(=O)n1c2c(c3ccccc31)CC1C(=O)N(c3ccc(C=O)cc3)C(=O)C1C2. The summed E-state index contributed by atoms with van der Waals surface area (Å²) in [6.45, 7) is 1.52. The number of hydrogen-bond donors (Lipinski definition) is 0. The molecule has 2 aliphatic rings. The van der Waals surface area contributed by atoms with Gasteiger partial charge < -0.3 is 0 Å². The third kappa shape index (κ3) is 2.42. The summed E-state index contributed by atoms with van der Waals surface area (Å²) in [6, 6.07) is 14.1. The predicted molar refractivity (Wildman–Crippen MR) is 107 cm³/mol. The van der Waals surface area contributed by atoms with Crippen LogP contribution in [0.5, 0.6) is 0 Å². The van der Waals surface area contributed by atoms with E-state index >= 15 is 0 Å². The average Bonchev–Trinajstić information content (AvgIpc) is 3.18. The maximum Gasteiger partial charge on any atom is 0.238 e. The molecule has 2 heterocycles. The number of fused-ring (bicyclic) bond motifs is 4. The topological polar surface area (TPSA) is 76.5 Å². The number of hydrogen-bond acceptors (Lipinski definition) is 4. The van der Waals surface area contributed by atoms with Crippen LogP contribution in [0.1, 0.15) is 33.3 Å². The maximum atomic E-state index is 13.2. The molecule has 0 bridgehead atoms. The van der Waals surface area contributed by atoms with Crippen molar-refractivity contribution in [3.63, 3.8) is 0 Å². The van der Waals surface area contributed by atoms with Gasteiger partial charge in [0.2, 0.25) is 17.7 Å². The number of imide groups is 1. The number of carbonyl (C=O) groups is 4. The van der Waals surface area contributed by atoms with Gasteiger partial charge in [0.15, 0.2) is 0 Å². The average molecular weight is 386 g/mol. The summed E-state index contributed by atoms with van der Waals surface area (Å²) in [4.78, 5) is 50.8. The van der Waals surface area contributed by atoms with Crippen LogP contribution < -0.4 is 4.90 Å². The van der Waals surface area contributed by atoms with Crippen LogP contribution in [-0.2, 0) is 22.4 Å². The van der Waals surface area contributed by atoms with Gasteiger partial charge in [0, 0.05) is 30.0 Å². The van der Waals surface area contributed by atoms with Crippen molar-refractivity contribution < 1.29 is 19.2 Å². The van der Waals surface area contributed by atoms with E-state index in [0.717, 1.165) is 28.4 Å². The number of rotatable bonds is 2. The second kappa shape index (κ2) is 6.24. The molecule has 1 fully saturated rings. The van der Waals surface area contributed by atoms with Gasteiger partial charge in [-0.15, -0.1) is 0 Å². The van der Waals surface area contributed by atoms with Gasteiger partial charge in [0.25, 0.3) is 0 Å². The van der Waals surface area contributed by atoms with E-state index in [2.05, 4.69) is 0 Å². The number of anilines is 1. The smallest absolute Gasteiger partial charge is 0.238 e. The summed E-state index contributed by atoms with van der Waals surface area (Å²) in [5, 5.41) is 0.963. The van der Waals surface area contributed by atoms with Gasteiger partial charge in [-0.1, -0.05) is 18.2 Å². The first kappa shape index (κ1) is 17.6. The summed E-state index contributed by atoms with van der Waals surface area (Å²) < 4.78 is 1.68. The van der Waals surface area contributed by atoms with Crippen molar-refractivity contribution in [2.75, 3.05) is 4.90 Å². The molecular weight excluding hydrogens is 368 g/mol. The van der Waals surface area contributed by atoms with Gasteiger partial charge in [-0.25, -0.2) is 0 Å². The molecule has 2 unspecified atom stereocenters. The van der Waals surface area contributed by atoms with Crippen molar-refractivity contribution in [2.45, 2.75) is 19.8 Å².